The Morgan fingerprint density at radius 2 is 1.93 bits per heavy atom. The Balaban J connectivity index is 0.00000112. The van der Waals surface area contributed by atoms with Crippen molar-refractivity contribution in [1.82, 2.24) is 10.1 Å². The minimum absolute atomic E-state index is 0. The molecule has 0 saturated heterocycles. The Kier molecular flexibility index (Phi) is 3.76. The third kappa shape index (κ3) is 2.51. The molecule has 2 aromatic rings. The second-order valence-electron chi connectivity index (χ2n) is 2.73. The lowest BCUT2D eigenvalue weighted by Gasteiger charge is -1.92. The van der Waals surface area contributed by atoms with Crippen molar-refractivity contribution in [2.75, 3.05) is 0 Å². The van der Waals surface area contributed by atoms with Gasteiger partial charge in [-0.25, -0.2) is 4.39 Å². The number of hydrogen-bond donors (Lipinski definition) is 1. The van der Waals surface area contributed by atoms with Gasteiger partial charge in [0.1, 0.15) is 5.82 Å². The summed E-state index contributed by atoms with van der Waals surface area (Å²) in [5.41, 5.74) is 6.00. The second-order valence-corrected chi connectivity index (χ2v) is 2.73. The van der Waals surface area contributed by atoms with Gasteiger partial charge in [0.05, 0.1) is 6.54 Å². The normalized spacial score (nSPS) is 9.73. The van der Waals surface area contributed by atoms with Gasteiger partial charge in [-0.2, -0.15) is 4.98 Å². The lowest BCUT2D eigenvalue weighted by atomic mass is 10.2. The van der Waals surface area contributed by atoms with Crippen LogP contribution < -0.4 is 5.73 Å². The molecule has 2 N–H and O–H groups in total. The first-order chi connectivity index (χ1) is 6.79. The van der Waals surface area contributed by atoms with E-state index in [9.17, 15) is 4.39 Å². The molecule has 0 fully saturated rings. The largest absolute Gasteiger partial charge is 0.334 e. The summed E-state index contributed by atoms with van der Waals surface area (Å²) >= 11 is 0. The maximum absolute atomic E-state index is 12.6. The van der Waals surface area contributed by atoms with Gasteiger partial charge < -0.3 is 10.3 Å². The van der Waals surface area contributed by atoms with E-state index < -0.39 is 0 Å². The topological polar surface area (TPSA) is 64.9 Å². The highest BCUT2D eigenvalue weighted by atomic mass is 35.5. The van der Waals surface area contributed by atoms with Crippen molar-refractivity contribution in [3.8, 4) is 11.5 Å². The molecule has 0 bridgehead atoms. The molecule has 2 rings (SSSR count). The molecule has 80 valence electrons. The third-order valence-electron chi connectivity index (χ3n) is 1.74. The van der Waals surface area contributed by atoms with Crippen LogP contribution in [0.3, 0.4) is 0 Å². The van der Waals surface area contributed by atoms with E-state index in [1.807, 2.05) is 0 Å². The van der Waals surface area contributed by atoms with E-state index in [-0.39, 0.29) is 24.8 Å². The Labute approximate surface area is 91.7 Å². The lowest BCUT2D eigenvalue weighted by molar-refractivity contribution is 0.422. The SMILES string of the molecule is Cl.NCc1noc(-c2ccc(F)cc2)n1. The van der Waals surface area contributed by atoms with E-state index in [1.165, 1.54) is 12.1 Å². The van der Waals surface area contributed by atoms with Gasteiger partial charge in [-0.3, -0.25) is 0 Å². The minimum atomic E-state index is -0.299. The van der Waals surface area contributed by atoms with Gasteiger partial charge in [0.15, 0.2) is 5.82 Å². The number of hydrogen-bond acceptors (Lipinski definition) is 4. The molecular formula is C9H9ClFN3O. The minimum Gasteiger partial charge on any atom is -0.334 e. The predicted octanol–water partition coefficient (Wildman–Crippen LogP) is 1.76. The lowest BCUT2D eigenvalue weighted by Crippen LogP contribution is -1.97. The first kappa shape index (κ1) is 11.6. The maximum Gasteiger partial charge on any atom is 0.257 e. The fourth-order valence-corrected chi connectivity index (χ4v) is 1.05. The first-order valence-electron chi connectivity index (χ1n) is 4.08. The van der Waals surface area contributed by atoms with Crippen molar-refractivity contribution >= 4 is 12.4 Å². The molecule has 0 saturated carbocycles. The summed E-state index contributed by atoms with van der Waals surface area (Å²) in [6.07, 6.45) is 0. The van der Waals surface area contributed by atoms with Crippen LogP contribution in [0.2, 0.25) is 0 Å². The van der Waals surface area contributed by atoms with E-state index in [0.29, 0.717) is 17.3 Å². The monoisotopic (exact) mass is 229 g/mol. The Morgan fingerprint density at radius 1 is 1.27 bits per heavy atom. The highest BCUT2D eigenvalue weighted by Crippen LogP contribution is 2.16. The molecule has 0 spiro atoms. The van der Waals surface area contributed by atoms with Crippen molar-refractivity contribution in [2.45, 2.75) is 6.54 Å². The van der Waals surface area contributed by atoms with Crippen LogP contribution in [0.1, 0.15) is 5.82 Å². The Morgan fingerprint density at radius 3 is 2.47 bits per heavy atom. The summed E-state index contributed by atoms with van der Waals surface area (Å²) in [5, 5.41) is 3.63. The molecule has 0 amide bonds. The van der Waals surface area contributed by atoms with Crippen molar-refractivity contribution in [3.63, 3.8) is 0 Å². The van der Waals surface area contributed by atoms with E-state index in [0.717, 1.165) is 0 Å². The molecule has 0 aliphatic heterocycles. The number of rotatable bonds is 2. The van der Waals surface area contributed by atoms with Crippen molar-refractivity contribution < 1.29 is 8.91 Å². The number of benzene rings is 1. The zero-order valence-electron chi connectivity index (χ0n) is 7.68. The fraction of sp³-hybridized carbons (Fsp3) is 0.111. The predicted molar refractivity (Wildman–Crippen MR) is 54.8 cm³/mol. The first-order valence-corrected chi connectivity index (χ1v) is 4.08. The maximum atomic E-state index is 12.6. The molecule has 4 nitrogen and oxygen atoms in total. The van der Waals surface area contributed by atoms with Gasteiger partial charge in [-0.1, -0.05) is 5.16 Å². The van der Waals surface area contributed by atoms with E-state index in [1.54, 1.807) is 12.1 Å². The van der Waals surface area contributed by atoms with Gasteiger partial charge >= 0.3 is 0 Å². The fourth-order valence-electron chi connectivity index (χ4n) is 1.05. The molecule has 1 heterocycles. The van der Waals surface area contributed by atoms with Gasteiger partial charge in [-0.15, -0.1) is 12.4 Å². The molecule has 0 aliphatic rings. The van der Waals surface area contributed by atoms with Crippen LogP contribution in [0.4, 0.5) is 4.39 Å². The third-order valence-corrected chi connectivity index (χ3v) is 1.74. The summed E-state index contributed by atoms with van der Waals surface area (Å²) in [6, 6.07) is 5.82. The molecule has 1 aromatic heterocycles. The summed E-state index contributed by atoms with van der Waals surface area (Å²) in [6.45, 7) is 0.227. The van der Waals surface area contributed by atoms with Crippen LogP contribution in [-0.2, 0) is 6.54 Å². The Bertz CT molecular complexity index is 429. The van der Waals surface area contributed by atoms with Crippen LogP contribution in [-0.4, -0.2) is 10.1 Å². The van der Waals surface area contributed by atoms with Crippen LogP contribution >= 0.6 is 12.4 Å². The average Bonchev–Trinajstić information content (AvgIpc) is 2.67. The van der Waals surface area contributed by atoms with E-state index in [4.69, 9.17) is 10.3 Å². The average molecular weight is 230 g/mol. The molecule has 0 atom stereocenters. The van der Waals surface area contributed by atoms with Crippen molar-refractivity contribution in [1.29, 1.82) is 0 Å². The highest BCUT2D eigenvalue weighted by Gasteiger charge is 2.06. The van der Waals surface area contributed by atoms with Crippen molar-refractivity contribution in [3.05, 3.63) is 35.9 Å². The highest BCUT2D eigenvalue weighted by molar-refractivity contribution is 5.85. The van der Waals surface area contributed by atoms with Gasteiger partial charge in [0, 0.05) is 5.56 Å². The Hall–Kier alpha value is -1.46. The molecule has 0 radical (unpaired) electrons. The summed E-state index contributed by atoms with van der Waals surface area (Å²) in [5.74, 6) is 0.488. The standard InChI is InChI=1S/C9H8FN3O.ClH/c10-7-3-1-6(2-4-7)9-12-8(5-11)13-14-9;/h1-4H,5,11H2;1H. The van der Waals surface area contributed by atoms with E-state index >= 15 is 0 Å². The van der Waals surface area contributed by atoms with E-state index in [2.05, 4.69) is 10.1 Å². The zero-order chi connectivity index (χ0) is 9.97. The number of nitrogens with two attached hydrogens (primary N) is 1. The summed E-state index contributed by atoms with van der Waals surface area (Å²) in [4.78, 5) is 4.00. The summed E-state index contributed by atoms with van der Waals surface area (Å²) < 4.78 is 17.5. The van der Waals surface area contributed by atoms with Gasteiger partial charge in [0.25, 0.3) is 5.89 Å². The molecule has 0 aliphatic carbocycles. The van der Waals surface area contributed by atoms with Crippen LogP contribution in [0.5, 0.6) is 0 Å². The molecule has 6 heteroatoms. The number of aromatic nitrogens is 2. The molecular weight excluding hydrogens is 221 g/mol. The molecule has 15 heavy (non-hydrogen) atoms. The number of halogens is 2. The number of nitrogens with zero attached hydrogens (tertiary/aromatic N) is 2. The van der Waals surface area contributed by atoms with Crippen LogP contribution in [0.15, 0.2) is 28.8 Å². The quantitative estimate of drug-likeness (QED) is 0.852. The smallest absolute Gasteiger partial charge is 0.257 e. The summed E-state index contributed by atoms with van der Waals surface area (Å²) in [7, 11) is 0. The van der Waals surface area contributed by atoms with Crippen LogP contribution in [0.25, 0.3) is 11.5 Å². The van der Waals surface area contributed by atoms with Gasteiger partial charge in [-0.05, 0) is 24.3 Å². The van der Waals surface area contributed by atoms with Crippen LogP contribution in [0, 0.1) is 5.82 Å². The van der Waals surface area contributed by atoms with Crippen molar-refractivity contribution in [2.24, 2.45) is 5.73 Å². The zero-order valence-corrected chi connectivity index (χ0v) is 8.50. The molecule has 1 aromatic carbocycles. The van der Waals surface area contributed by atoms with Gasteiger partial charge in [0.2, 0.25) is 0 Å². The molecule has 0 unspecified atom stereocenters. The second kappa shape index (κ2) is 4.86.